The van der Waals surface area contributed by atoms with Crippen LogP contribution in [-0.4, -0.2) is 43.7 Å². The van der Waals surface area contributed by atoms with E-state index in [0.717, 1.165) is 48.4 Å². The summed E-state index contributed by atoms with van der Waals surface area (Å²) < 4.78 is 26.3. The number of hydrogen-bond donors (Lipinski definition) is 1. The van der Waals surface area contributed by atoms with Crippen LogP contribution in [0.3, 0.4) is 0 Å². The predicted molar refractivity (Wildman–Crippen MR) is 98.3 cm³/mol. The Morgan fingerprint density at radius 3 is 2.50 bits per heavy atom. The molecule has 1 aromatic rings. The molecule has 1 amide bonds. The molecule has 1 N–H and O–H groups in total. The molecule has 0 bridgehead atoms. The van der Waals surface area contributed by atoms with E-state index in [2.05, 4.69) is 26.5 Å². The molecule has 1 aromatic carbocycles. The highest BCUT2D eigenvalue weighted by Crippen LogP contribution is 2.24. The van der Waals surface area contributed by atoms with Gasteiger partial charge in [0.25, 0.3) is 5.91 Å². The van der Waals surface area contributed by atoms with Crippen LogP contribution in [0.4, 0.5) is 0 Å². The number of nitrogens with one attached hydrogen (secondary N) is 1. The quantitative estimate of drug-likeness (QED) is 0.572. The minimum absolute atomic E-state index is 0.0880. The van der Waals surface area contributed by atoms with E-state index in [1.807, 2.05) is 24.3 Å². The highest BCUT2D eigenvalue weighted by Gasteiger charge is 2.29. The lowest BCUT2D eigenvalue weighted by Gasteiger charge is -2.31. The first-order valence-electron chi connectivity index (χ1n) is 7.90. The van der Waals surface area contributed by atoms with Gasteiger partial charge in [-0.3, -0.25) is 4.79 Å². The van der Waals surface area contributed by atoms with Gasteiger partial charge in [0.1, 0.15) is 0 Å². The van der Waals surface area contributed by atoms with Gasteiger partial charge >= 0.3 is 0 Å². The summed E-state index contributed by atoms with van der Waals surface area (Å²) in [6.07, 6.45) is 7.42. The Bertz CT molecular complexity index is 683. The third-order valence-corrected chi connectivity index (χ3v) is 5.79. The van der Waals surface area contributed by atoms with Crippen molar-refractivity contribution in [2.24, 2.45) is 5.10 Å². The van der Waals surface area contributed by atoms with Gasteiger partial charge in [-0.2, -0.15) is 9.41 Å². The summed E-state index contributed by atoms with van der Waals surface area (Å²) in [5.74, 6) is -0.431. The second-order valence-electron chi connectivity index (χ2n) is 5.94. The number of nitrogens with zero attached hydrogens (tertiary/aromatic N) is 2. The molecule has 0 atom stereocenters. The van der Waals surface area contributed by atoms with Crippen molar-refractivity contribution >= 4 is 38.1 Å². The Balaban J connectivity index is 1.93. The lowest BCUT2D eigenvalue weighted by Crippen LogP contribution is -2.45. The maximum absolute atomic E-state index is 12.0. The highest BCUT2D eigenvalue weighted by atomic mass is 79.9. The molecule has 0 unspecified atom stereocenters. The standard InChI is InChI=1S/C16H22BrN3O3S/c1-24(22,23)20(15-5-3-2-4-6-15)12-16(21)19-18-11-13-7-9-14(17)10-8-13/h7-11,15H,2-6,12H2,1H3,(H,19,21). The number of sulfonamides is 1. The van der Waals surface area contributed by atoms with Crippen LogP contribution in [0.2, 0.25) is 0 Å². The molecule has 1 fully saturated rings. The number of carbonyl (C=O) groups excluding carboxylic acids is 1. The van der Waals surface area contributed by atoms with Gasteiger partial charge in [0.15, 0.2) is 0 Å². The van der Waals surface area contributed by atoms with Gasteiger partial charge in [0.05, 0.1) is 19.0 Å². The Morgan fingerprint density at radius 1 is 1.29 bits per heavy atom. The van der Waals surface area contributed by atoms with Gasteiger partial charge in [0, 0.05) is 10.5 Å². The average Bonchev–Trinajstić information content (AvgIpc) is 2.54. The molecule has 24 heavy (non-hydrogen) atoms. The van der Waals surface area contributed by atoms with Crippen molar-refractivity contribution in [3.8, 4) is 0 Å². The number of hydrazone groups is 1. The van der Waals surface area contributed by atoms with E-state index in [-0.39, 0.29) is 12.6 Å². The van der Waals surface area contributed by atoms with Crippen LogP contribution in [0.15, 0.2) is 33.8 Å². The van der Waals surface area contributed by atoms with Gasteiger partial charge < -0.3 is 0 Å². The molecule has 0 spiro atoms. The van der Waals surface area contributed by atoms with Crippen molar-refractivity contribution in [1.29, 1.82) is 0 Å². The fraction of sp³-hybridized carbons (Fsp3) is 0.500. The van der Waals surface area contributed by atoms with Crippen LogP contribution >= 0.6 is 15.9 Å². The molecule has 132 valence electrons. The predicted octanol–water partition coefficient (Wildman–Crippen LogP) is 2.49. The first-order valence-corrected chi connectivity index (χ1v) is 10.5. The first-order chi connectivity index (χ1) is 11.4. The van der Waals surface area contributed by atoms with E-state index in [1.165, 1.54) is 10.5 Å². The molecule has 6 nitrogen and oxygen atoms in total. The molecule has 8 heteroatoms. The minimum atomic E-state index is -3.43. The van der Waals surface area contributed by atoms with E-state index in [4.69, 9.17) is 0 Å². The number of carbonyl (C=O) groups is 1. The summed E-state index contributed by atoms with van der Waals surface area (Å²) in [7, 11) is -3.43. The largest absolute Gasteiger partial charge is 0.272 e. The zero-order valence-corrected chi connectivity index (χ0v) is 16.0. The number of halogens is 1. The van der Waals surface area contributed by atoms with Gasteiger partial charge in [0.2, 0.25) is 10.0 Å². The third kappa shape index (κ3) is 5.99. The molecular formula is C16H22BrN3O3S. The monoisotopic (exact) mass is 415 g/mol. The van der Waals surface area contributed by atoms with Crippen molar-refractivity contribution in [3.63, 3.8) is 0 Å². The summed E-state index contributed by atoms with van der Waals surface area (Å²) in [6, 6.07) is 7.36. The molecule has 0 aliphatic heterocycles. The molecule has 1 aliphatic rings. The van der Waals surface area contributed by atoms with E-state index in [9.17, 15) is 13.2 Å². The van der Waals surface area contributed by atoms with E-state index in [1.54, 1.807) is 0 Å². The van der Waals surface area contributed by atoms with Crippen LogP contribution in [0.1, 0.15) is 37.7 Å². The molecule has 0 aromatic heterocycles. The molecule has 1 saturated carbocycles. The average molecular weight is 416 g/mol. The van der Waals surface area contributed by atoms with E-state index >= 15 is 0 Å². The van der Waals surface area contributed by atoms with Crippen LogP contribution in [0.5, 0.6) is 0 Å². The van der Waals surface area contributed by atoms with Crippen molar-refractivity contribution in [2.75, 3.05) is 12.8 Å². The van der Waals surface area contributed by atoms with Crippen molar-refractivity contribution in [2.45, 2.75) is 38.1 Å². The second kappa shape index (κ2) is 8.73. The molecule has 0 heterocycles. The topological polar surface area (TPSA) is 78.8 Å². The highest BCUT2D eigenvalue weighted by molar-refractivity contribution is 9.10. The molecule has 1 aliphatic carbocycles. The summed E-state index contributed by atoms with van der Waals surface area (Å²) >= 11 is 3.34. The van der Waals surface area contributed by atoms with Gasteiger partial charge in [-0.05, 0) is 30.5 Å². The zero-order chi connectivity index (χ0) is 17.6. The fourth-order valence-electron chi connectivity index (χ4n) is 2.79. The second-order valence-corrected chi connectivity index (χ2v) is 8.80. The van der Waals surface area contributed by atoms with Crippen LogP contribution in [-0.2, 0) is 14.8 Å². The van der Waals surface area contributed by atoms with Gasteiger partial charge in [-0.15, -0.1) is 0 Å². The van der Waals surface area contributed by atoms with E-state index < -0.39 is 15.9 Å². The molecule has 2 rings (SSSR count). The SMILES string of the molecule is CS(=O)(=O)N(CC(=O)NN=Cc1ccc(Br)cc1)C1CCCCC1. The van der Waals surface area contributed by atoms with Gasteiger partial charge in [-0.1, -0.05) is 47.3 Å². The van der Waals surface area contributed by atoms with E-state index in [0.29, 0.717) is 0 Å². The maximum Gasteiger partial charge on any atom is 0.255 e. The van der Waals surface area contributed by atoms with Crippen LogP contribution < -0.4 is 5.43 Å². The Morgan fingerprint density at radius 2 is 1.92 bits per heavy atom. The lowest BCUT2D eigenvalue weighted by molar-refractivity contribution is -0.121. The van der Waals surface area contributed by atoms with Crippen LogP contribution in [0, 0.1) is 0 Å². The smallest absolute Gasteiger partial charge is 0.255 e. The Labute approximate surface area is 151 Å². The Hall–Kier alpha value is -1.25. The molecule has 0 radical (unpaired) electrons. The summed E-state index contributed by atoms with van der Waals surface area (Å²) in [5, 5.41) is 3.89. The van der Waals surface area contributed by atoms with Crippen molar-refractivity contribution in [1.82, 2.24) is 9.73 Å². The van der Waals surface area contributed by atoms with Gasteiger partial charge in [-0.25, -0.2) is 13.8 Å². The summed E-state index contributed by atoms with van der Waals surface area (Å²) in [5.41, 5.74) is 3.24. The number of amides is 1. The van der Waals surface area contributed by atoms with Crippen molar-refractivity contribution in [3.05, 3.63) is 34.3 Å². The summed E-state index contributed by atoms with van der Waals surface area (Å²) in [6.45, 7) is -0.193. The summed E-state index contributed by atoms with van der Waals surface area (Å²) in [4.78, 5) is 12.0. The fourth-order valence-corrected chi connectivity index (χ4v) is 4.16. The Kier molecular flexibility index (Phi) is 6.94. The van der Waals surface area contributed by atoms with Crippen molar-refractivity contribution < 1.29 is 13.2 Å². The minimum Gasteiger partial charge on any atom is -0.272 e. The normalized spacial score (nSPS) is 16.6. The maximum atomic E-state index is 12.0. The van der Waals surface area contributed by atoms with Crippen LogP contribution in [0.25, 0.3) is 0 Å². The molecular weight excluding hydrogens is 394 g/mol. The number of benzene rings is 1. The lowest BCUT2D eigenvalue weighted by atomic mass is 9.95. The zero-order valence-electron chi connectivity index (χ0n) is 13.6. The number of hydrogen-bond acceptors (Lipinski definition) is 4. The third-order valence-electron chi connectivity index (χ3n) is 3.98. The number of rotatable bonds is 6. The first kappa shape index (κ1) is 19.1. The molecule has 0 saturated heterocycles.